The van der Waals surface area contributed by atoms with E-state index in [1.807, 2.05) is 0 Å². The highest BCUT2D eigenvalue weighted by molar-refractivity contribution is 7.97. The number of hydrogen-bond donors (Lipinski definition) is 0. The number of carbonyl (C=O) groups excluding carboxylic acids is 1. The standard InChI is InChI=1S/C9H19ClO2P/c1-4-9(11)12-7-5-6-8-13(2,3)10/h4-8H2,1-3H3/q+1. The molecule has 0 bridgehead atoms. The van der Waals surface area contributed by atoms with Gasteiger partial charge in [0.2, 0.25) is 0 Å². The first-order chi connectivity index (χ1) is 5.95. The Morgan fingerprint density at radius 2 is 2.00 bits per heavy atom. The van der Waals surface area contributed by atoms with Crippen molar-refractivity contribution < 1.29 is 9.53 Å². The fourth-order valence-electron chi connectivity index (χ4n) is 0.878. The molecule has 0 saturated heterocycles. The van der Waals surface area contributed by atoms with Crippen molar-refractivity contribution in [2.45, 2.75) is 26.2 Å². The smallest absolute Gasteiger partial charge is 0.305 e. The average molecular weight is 226 g/mol. The molecule has 0 aromatic rings. The SMILES string of the molecule is CCC(=O)OCCCC[P+](C)(C)Cl. The molecule has 0 amide bonds. The number of hydrogen-bond acceptors (Lipinski definition) is 2. The van der Waals surface area contributed by atoms with Gasteiger partial charge in [-0.25, -0.2) is 0 Å². The second-order valence-corrected chi connectivity index (χ2v) is 9.81. The Kier molecular flexibility index (Phi) is 6.71. The first-order valence-electron chi connectivity index (χ1n) is 4.64. The van der Waals surface area contributed by atoms with Gasteiger partial charge in [-0.15, -0.1) is 0 Å². The summed E-state index contributed by atoms with van der Waals surface area (Å²) in [5.41, 5.74) is 0. The van der Waals surface area contributed by atoms with E-state index in [1.165, 1.54) is 0 Å². The van der Waals surface area contributed by atoms with E-state index in [4.69, 9.17) is 16.0 Å². The van der Waals surface area contributed by atoms with Gasteiger partial charge < -0.3 is 4.74 Å². The van der Waals surface area contributed by atoms with Gasteiger partial charge in [0.25, 0.3) is 0 Å². The van der Waals surface area contributed by atoms with Crippen LogP contribution in [0, 0.1) is 0 Å². The van der Waals surface area contributed by atoms with Crippen molar-refractivity contribution in [2.75, 3.05) is 26.1 Å². The summed E-state index contributed by atoms with van der Waals surface area (Å²) in [6, 6.07) is 0. The summed E-state index contributed by atoms with van der Waals surface area (Å²) in [7, 11) is 0. The highest BCUT2D eigenvalue weighted by Crippen LogP contribution is 2.57. The van der Waals surface area contributed by atoms with Gasteiger partial charge in [-0.05, 0) is 12.8 Å². The van der Waals surface area contributed by atoms with E-state index in [2.05, 4.69) is 13.3 Å². The van der Waals surface area contributed by atoms with Crippen LogP contribution in [0.4, 0.5) is 0 Å². The van der Waals surface area contributed by atoms with Gasteiger partial charge in [0.05, 0.1) is 37.3 Å². The zero-order valence-corrected chi connectivity index (χ0v) is 10.3. The summed E-state index contributed by atoms with van der Waals surface area (Å²) in [6.45, 7) is 5.40. The van der Waals surface area contributed by atoms with Crippen molar-refractivity contribution in [3.05, 3.63) is 0 Å². The molecule has 0 unspecified atom stereocenters. The van der Waals surface area contributed by atoms with E-state index in [1.54, 1.807) is 6.92 Å². The molecule has 0 saturated carbocycles. The number of unbranched alkanes of at least 4 members (excludes halogenated alkanes) is 1. The van der Waals surface area contributed by atoms with E-state index < -0.39 is 6.62 Å². The molecule has 13 heavy (non-hydrogen) atoms. The van der Waals surface area contributed by atoms with Gasteiger partial charge in [0.15, 0.2) is 0 Å². The van der Waals surface area contributed by atoms with Crippen LogP contribution in [-0.4, -0.2) is 32.1 Å². The van der Waals surface area contributed by atoms with Gasteiger partial charge in [-0.1, -0.05) is 6.92 Å². The predicted molar refractivity (Wildman–Crippen MR) is 60.0 cm³/mol. The van der Waals surface area contributed by atoms with Crippen molar-refractivity contribution in [2.24, 2.45) is 0 Å². The predicted octanol–water partition coefficient (Wildman–Crippen LogP) is 3.15. The Balaban J connectivity index is 3.22. The molecule has 0 spiro atoms. The number of halogens is 1. The van der Waals surface area contributed by atoms with Crippen molar-refractivity contribution in [3.8, 4) is 0 Å². The lowest BCUT2D eigenvalue weighted by Gasteiger charge is -2.07. The van der Waals surface area contributed by atoms with Gasteiger partial charge in [0, 0.05) is 6.42 Å². The summed E-state index contributed by atoms with van der Waals surface area (Å²) >= 11 is 6.11. The molecular formula is C9H19ClO2P+. The lowest BCUT2D eigenvalue weighted by atomic mass is 10.3. The van der Waals surface area contributed by atoms with Crippen LogP contribution >= 0.6 is 17.9 Å². The molecule has 4 heteroatoms. The Hall–Kier alpha value is 0.190. The fraction of sp³-hybridized carbons (Fsp3) is 0.889. The van der Waals surface area contributed by atoms with E-state index in [9.17, 15) is 4.79 Å². The van der Waals surface area contributed by atoms with Crippen molar-refractivity contribution >= 4 is 23.8 Å². The largest absolute Gasteiger partial charge is 0.466 e. The zero-order chi connectivity index (χ0) is 10.3. The van der Waals surface area contributed by atoms with Gasteiger partial charge in [-0.2, -0.15) is 0 Å². The zero-order valence-electron chi connectivity index (χ0n) is 8.68. The Bertz CT molecular complexity index is 154. The summed E-state index contributed by atoms with van der Waals surface area (Å²) < 4.78 is 4.94. The molecule has 0 fully saturated rings. The minimum absolute atomic E-state index is 0.111. The molecule has 0 aliphatic heterocycles. The molecule has 0 radical (unpaired) electrons. The molecule has 2 nitrogen and oxygen atoms in total. The molecule has 0 aliphatic rings. The maximum absolute atomic E-state index is 10.7. The Morgan fingerprint density at radius 3 is 2.46 bits per heavy atom. The maximum Gasteiger partial charge on any atom is 0.305 e. The van der Waals surface area contributed by atoms with Gasteiger partial charge in [-0.3, -0.25) is 4.79 Å². The van der Waals surface area contributed by atoms with Gasteiger partial charge in [0.1, 0.15) is 6.62 Å². The van der Waals surface area contributed by atoms with Crippen LogP contribution in [0.3, 0.4) is 0 Å². The van der Waals surface area contributed by atoms with Crippen molar-refractivity contribution in [1.82, 2.24) is 0 Å². The first kappa shape index (κ1) is 13.2. The fourth-order valence-corrected chi connectivity index (χ4v) is 2.21. The van der Waals surface area contributed by atoms with Crippen molar-refractivity contribution in [3.63, 3.8) is 0 Å². The minimum atomic E-state index is -1.15. The maximum atomic E-state index is 10.7. The normalized spacial score (nSPS) is 11.4. The van der Waals surface area contributed by atoms with Gasteiger partial charge >= 0.3 is 5.97 Å². The molecule has 0 heterocycles. The number of carbonyl (C=O) groups is 1. The van der Waals surface area contributed by atoms with Crippen LogP contribution in [0.25, 0.3) is 0 Å². The topological polar surface area (TPSA) is 26.3 Å². The van der Waals surface area contributed by atoms with Crippen LogP contribution in [-0.2, 0) is 9.53 Å². The molecular weight excluding hydrogens is 207 g/mol. The Labute approximate surface area is 86.1 Å². The molecule has 0 aromatic carbocycles. The number of esters is 1. The second kappa shape index (κ2) is 6.62. The van der Waals surface area contributed by atoms with Crippen LogP contribution in [0.5, 0.6) is 0 Å². The monoisotopic (exact) mass is 225 g/mol. The second-order valence-electron chi connectivity index (χ2n) is 3.54. The lowest BCUT2D eigenvalue weighted by Crippen LogP contribution is -2.04. The van der Waals surface area contributed by atoms with Crippen LogP contribution in [0.2, 0.25) is 0 Å². The molecule has 0 rings (SSSR count). The van der Waals surface area contributed by atoms with Crippen LogP contribution in [0.15, 0.2) is 0 Å². The average Bonchev–Trinajstić information content (AvgIpc) is 2.01. The van der Waals surface area contributed by atoms with Crippen LogP contribution < -0.4 is 0 Å². The summed E-state index contributed by atoms with van der Waals surface area (Å²) in [5.74, 6) is -0.111. The number of rotatable bonds is 6. The van der Waals surface area contributed by atoms with E-state index in [0.29, 0.717) is 13.0 Å². The molecule has 78 valence electrons. The summed E-state index contributed by atoms with van der Waals surface area (Å²) in [4.78, 5) is 10.7. The highest BCUT2D eigenvalue weighted by Gasteiger charge is 2.20. The first-order valence-corrected chi connectivity index (χ1v) is 8.41. The third-order valence-corrected chi connectivity index (χ3v) is 3.52. The van der Waals surface area contributed by atoms with Crippen molar-refractivity contribution in [1.29, 1.82) is 0 Å². The molecule has 0 atom stereocenters. The third-order valence-electron chi connectivity index (χ3n) is 1.64. The highest BCUT2D eigenvalue weighted by atomic mass is 35.7. The molecule has 0 aliphatic carbocycles. The minimum Gasteiger partial charge on any atom is -0.466 e. The van der Waals surface area contributed by atoms with Crippen LogP contribution in [0.1, 0.15) is 26.2 Å². The Morgan fingerprint density at radius 1 is 1.38 bits per heavy atom. The van der Waals surface area contributed by atoms with E-state index in [-0.39, 0.29) is 5.97 Å². The quantitative estimate of drug-likeness (QED) is 0.394. The molecule has 0 aromatic heterocycles. The van der Waals surface area contributed by atoms with E-state index >= 15 is 0 Å². The molecule has 0 N–H and O–H groups in total. The summed E-state index contributed by atoms with van der Waals surface area (Å²) in [5, 5.41) is 0. The third kappa shape index (κ3) is 10.1. The number of ether oxygens (including phenoxy) is 1. The summed E-state index contributed by atoms with van der Waals surface area (Å²) in [6.07, 6.45) is 3.52. The van der Waals surface area contributed by atoms with E-state index in [0.717, 1.165) is 19.0 Å². The lowest BCUT2D eigenvalue weighted by molar-refractivity contribution is -0.143.